The number of aryl methyl sites for hydroxylation is 1. The van der Waals surface area contributed by atoms with Crippen molar-refractivity contribution in [3.05, 3.63) is 65.0 Å². The molecule has 1 aromatic heterocycles. The minimum atomic E-state index is -0.845. The predicted octanol–water partition coefficient (Wildman–Crippen LogP) is 2.91. The van der Waals surface area contributed by atoms with Crippen LogP contribution in [0.5, 0.6) is 0 Å². The molecule has 0 aliphatic rings. The van der Waals surface area contributed by atoms with Crippen molar-refractivity contribution in [1.82, 2.24) is 4.98 Å². The van der Waals surface area contributed by atoms with E-state index in [0.29, 0.717) is 12.0 Å². The molecule has 94 valence electrons. The molecule has 0 spiro atoms. The Hall–Kier alpha value is -1.81. The number of benzene rings is 1. The zero-order valence-corrected chi connectivity index (χ0v) is 10.0. The van der Waals surface area contributed by atoms with E-state index in [4.69, 9.17) is 5.73 Å². The second-order valence-electron chi connectivity index (χ2n) is 4.35. The number of halogens is 2. The van der Waals surface area contributed by atoms with Crippen LogP contribution in [0, 0.1) is 18.6 Å². The van der Waals surface area contributed by atoms with Gasteiger partial charge in [-0.05, 0) is 42.2 Å². The van der Waals surface area contributed by atoms with E-state index in [-0.39, 0.29) is 6.04 Å². The van der Waals surface area contributed by atoms with Crippen LogP contribution >= 0.6 is 0 Å². The Balaban J connectivity index is 2.16. The van der Waals surface area contributed by atoms with Gasteiger partial charge in [-0.3, -0.25) is 4.98 Å². The molecule has 0 fully saturated rings. The zero-order valence-electron chi connectivity index (χ0n) is 10.0. The lowest BCUT2D eigenvalue weighted by molar-refractivity contribution is 0.506. The van der Waals surface area contributed by atoms with Crippen LogP contribution in [0.4, 0.5) is 8.78 Å². The summed E-state index contributed by atoms with van der Waals surface area (Å²) in [5.41, 5.74) is 8.61. The summed E-state index contributed by atoms with van der Waals surface area (Å²) in [4.78, 5) is 4.06. The summed E-state index contributed by atoms with van der Waals surface area (Å²) in [6.45, 7) is 1.93. The van der Waals surface area contributed by atoms with Gasteiger partial charge in [0, 0.05) is 18.4 Å². The first-order chi connectivity index (χ1) is 8.56. The molecule has 0 amide bonds. The lowest BCUT2D eigenvalue weighted by Crippen LogP contribution is -2.14. The first-order valence-electron chi connectivity index (χ1n) is 5.67. The molecule has 2 N–H and O–H groups in total. The maximum absolute atomic E-state index is 13.1. The largest absolute Gasteiger partial charge is 0.324 e. The van der Waals surface area contributed by atoms with Gasteiger partial charge in [0.15, 0.2) is 11.6 Å². The molecule has 0 aliphatic heterocycles. The van der Waals surface area contributed by atoms with Crippen LogP contribution in [0.1, 0.15) is 22.7 Å². The van der Waals surface area contributed by atoms with Crippen molar-refractivity contribution < 1.29 is 8.78 Å². The van der Waals surface area contributed by atoms with E-state index < -0.39 is 11.6 Å². The number of nitrogens with zero attached hydrogens (tertiary/aromatic N) is 1. The number of hydrogen-bond donors (Lipinski definition) is 1. The molecular formula is C14H14F2N2. The van der Waals surface area contributed by atoms with Crippen LogP contribution < -0.4 is 5.73 Å². The maximum Gasteiger partial charge on any atom is 0.159 e. The molecule has 1 aromatic carbocycles. The highest BCUT2D eigenvalue weighted by Gasteiger charge is 2.10. The molecule has 4 heteroatoms. The fraction of sp³-hybridized carbons (Fsp3) is 0.214. The van der Waals surface area contributed by atoms with Crippen molar-refractivity contribution in [3.63, 3.8) is 0 Å². The highest BCUT2D eigenvalue weighted by molar-refractivity contribution is 5.24. The molecule has 18 heavy (non-hydrogen) atoms. The summed E-state index contributed by atoms with van der Waals surface area (Å²) in [6, 6.07) is 5.51. The van der Waals surface area contributed by atoms with Crippen molar-refractivity contribution >= 4 is 0 Å². The van der Waals surface area contributed by atoms with E-state index in [9.17, 15) is 8.78 Å². The lowest BCUT2D eigenvalue weighted by Gasteiger charge is -2.12. The third kappa shape index (κ3) is 2.90. The van der Waals surface area contributed by atoms with E-state index in [1.54, 1.807) is 18.5 Å². The summed E-state index contributed by atoms with van der Waals surface area (Å²) in [5.74, 6) is -1.69. The van der Waals surface area contributed by atoms with Gasteiger partial charge in [0.2, 0.25) is 0 Å². The zero-order chi connectivity index (χ0) is 13.1. The van der Waals surface area contributed by atoms with E-state index in [0.717, 1.165) is 17.2 Å². The van der Waals surface area contributed by atoms with E-state index in [1.807, 2.05) is 13.0 Å². The van der Waals surface area contributed by atoms with Crippen molar-refractivity contribution in [2.24, 2.45) is 5.73 Å². The number of hydrogen-bond acceptors (Lipinski definition) is 2. The molecule has 0 radical (unpaired) electrons. The highest BCUT2D eigenvalue weighted by atomic mass is 19.2. The minimum Gasteiger partial charge on any atom is -0.324 e. The van der Waals surface area contributed by atoms with Crippen LogP contribution in [0.15, 0.2) is 36.7 Å². The Labute approximate surface area is 104 Å². The smallest absolute Gasteiger partial charge is 0.159 e. The summed E-state index contributed by atoms with van der Waals surface area (Å²) >= 11 is 0. The monoisotopic (exact) mass is 248 g/mol. The maximum atomic E-state index is 13.1. The van der Waals surface area contributed by atoms with Gasteiger partial charge in [-0.25, -0.2) is 8.78 Å². The average molecular weight is 248 g/mol. The van der Waals surface area contributed by atoms with Gasteiger partial charge in [-0.15, -0.1) is 0 Å². The van der Waals surface area contributed by atoms with Gasteiger partial charge in [0.25, 0.3) is 0 Å². The molecule has 1 unspecified atom stereocenters. The number of aromatic nitrogens is 1. The second kappa shape index (κ2) is 5.23. The van der Waals surface area contributed by atoms with Crippen LogP contribution in [0.3, 0.4) is 0 Å². The SMILES string of the molecule is Cc1cncc(C(N)Cc2ccc(F)c(F)c2)c1. The Morgan fingerprint density at radius 2 is 1.94 bits per heavy atom. The van der Waals surface area contributed by atoms with E-state index in [2.05, 4.69) is 4.98 Å². The summed E-state index contributed by atoms with van der Waals surface area (Å²) < 4.78 is 25.9. The average Bonchev–Trinajstić information content (AvgIpc) is 2.34. The molecule has 0 bridgehead atoms. The van der Waals surface area contributed by atoms with Crippen LogP contribution in [-0.4, -0.2) is 4.98 Å². The third-order valence-electron chi connectivity index (χ3n) is 2.76. The van der Waals surface area contributed by atoms with Crippen molar-refractivity contribution in [1.29, 1.82) is 0 Å². The van der Waals surface area contributed by atoms with Gasteiger partial charge in [0.05, 0.1) is 0 Å². The summed E-state index contributed by atoms with van der Waals surface area (Å²) in [7, 11) is 0. The molecule has 1 heterocycles. The quantitative estimate of drug-likeness (QED) is 0.907. The fourth-order valence-electron chi connectivity index (χ4n) is 1.82. The standard InChI is InChI=1S/C14H14F2N2/c1-9-4-11(8-18-7-9)14(17)6-10-2-3-12(15)13(16)5-10/h2-5,7-8,14H,6,17H2,1H3. The van der Waals surface area contributed by atoms with E-state index >= 15 is 0 Å². The fourth-order valence-corrected chi connectivity index (χ4v) is 1.82. The number of rotatable bonds is 3. The molecule has 2 aromatic rings. The third-order valence-corrected chi connectivity index (χ3v) is 2.76. The Morgan fingerprint density at radius 1 is 1.17 bits per heavy atom. The van der Waals surface area contributed by atoms with Gasteiger partial charge < -0.3 is 5.73 Å². The van der Waals surface area contributed by atoms with Gasteiger partial charge in [0.1, 0.15) is 0 Å². The molecule has 0 aliphatic carbocycles. The molecule has 2 nitrogen and oxygen atoms in total. The first-order valence-corrected chi connectivity index (χ1v) is 5.67. The Kier molecular flexibility index (Phi) is 3.67. The van der Waals surface area contributed by atoms with Crippen molar-refractivity contribution in [2.75, 3.05) is 0 Å². The molecule has 1 atom stereocenters. The molecule has 0 saturated heterocycles. The highest BCUT2D eigenvalue weighted by Crippen LogP contribution is 2.17. The normalized spacial score (nSPS) is 12.4. The Bertz CT molecular complexity index is 555. The first kappa shape index (κ1) is 12.6. The van der Waals surface area contributed by atoms with Gasteiger partial charge in [-0.2, -0.15) is 0 Å². The lowest BCUT2D eigenvalue weighted by atomic mass is 10.00. The van der Waals surface area contributed by atoms with E-state index in [1.165, 1.54) is 6.07 Å². The second-order valence-corrected chi connectivity index (χ2v) is 4.35. The molecular weight excluding hydrogens is 234 g/mol. The Morgan fingerprint density at radius 3 is 2.61 bits per heavy atom. The number of pyridine rings is 1. The van der Waals surface area contributed by atoms with Crippen molar-refractivity contribution in [2.45, 2.75) is 19.4 Å². The molecule has 0 saturated carbocycles. The van der Waals surface area contributed by atoms with Gasteiger partial charge in [-0.1, -0.05) is 12.1 Å². The minimum absolute atomic E-state index is 0.276. The predicted molar refractivity (Wildman–Crippen MR) is 66.0 cm³/mol. The summed E-state index contributed by atoms with van der Waals surface area (Å²) in [6.07, 6.45) is 3.88. The topological polar surface area (TPSA) is 38.9 Å². The van der Waals surface area contributed by atoms with Gasteiger partial charge >= 0.3 is 0 Å². The molecule has 2 rings (SSSR count). The van der Waals surface area contributed by atoms with Crippen LogP contribution in [0.2, 0.25) is 0 Å². The van der Waals surface area contributed by atoms with Crippen molar-refractivity contribution in [3.8, 4) is 0 Å². The summed E-state index contributed by atoms with van der Waals surface area (Å²) in [5, 5.41) is 0. The van der Waals surface area contributed by atoms with Crippen LogP contribution in [-0.2, 0) is 6.42 Å². The number of nitrogens with two attached hydrogens (primary N) is 1. The van der Waals surface area contributed by atoms with Crippen LogP contribution in [0.25, 0.3) is 0 Å².